The third-order valence-electron chi connectivity index (χ3n) is 2.97. The average molecular weight is 274 g/mol. The summed E-state index contributed by atoms with van der Waals surface area (Å²) in [7, 11) is 0. The second-order valence-electron chi connectivity index (χ2n) is 4.51. The second kappa shape index (κ2) is 6.54. The van der Waals surface area contributed by atoms with Gasteiger partial charge in [-0.1, -0.05) is 26.3 Å². The van der Waals surface area contributed by atoms with Gasteiger partial charge in [0.2, 0.25) is 5.91 Å². The highest BCUT2D eigenvalue weighted by atomic mass is 19.4. The molecule has 1 aromatic heterocycles. The number of nitrogens with one attached hydrogen (secondary N) is 1. The minimum absolute atomic E-state index is 0.100. The first kappa shape index (κ1) is 15.5. The van der Waals surface area contributed by atoms with Crippen LogP contribution in [-0.2, 0) is 11.2 Å². The van der Waals surface area contributed by atoms with Crippen LogP contribution >= 0.6 is 0 Å². The zero-order valence-electron chi connectivity index (χ0n) is 10.9. The topological polar surface area (TPSA) is 42.0 Å². The van der Waals surface area contributed by atoms with E-state index in [1.54, 1.807) is 25.3 Å². The Kier molecular flexibility index (Phi) is 5.32. The normalized spacial score (nSPS) is 14.8. The van der Waals surface area contributed by atoms with Crippen molar-refractivity contribution in [3.8, 4) is 0 Å². The molecule has 0 aliphatic rings. The Labute approximate surface area is 110 Å². The largest absolute Gasteiger partial charge is 0.408 e. The van der Waals surface area contributed by atoms with Crippen LogP contribution in [0.5, 0.6) is 0 Å². The molecule has 0 bridgehead atoms. The van der Waals surface area contributed by atoms with Crippen LogP contribution in [0.1, 0.15) is 25.8 Å². The van der Waals surface area contributed by atoms with Crippen molar-refractivity contribution in [3.63, 3.8) is 0 Å². The summed E-state index contributed by atoms with van der Waals surface area (Å²) in [5.74, 6) is -1.30. The number of carbonyl (C=O) groups is 1. The van der Waals surface area contributed by atoms with E-state index < -0.39 is 24.0 Å². The molecular weight excluding hydrogens is 257 g/mol. The molecule has 3 nitrogen and oxygen atoms in total. The highest BCUT2D eigenvalue weighted by Crippen LogP contribution is 2.27. The molecule has 0 aromatic carbocycles. The minimum atomic E-state index is -4.43. The molecule has 2 atom stereocenters. The molecule has 0 aliphatic heterocycles. The van der Waals surface area contributed by atoms with Gasteiger partial charge in [-0.05, 0) is 17.5 Å². The predicted octanol–water partition coefficient (Wildman–Crippen LogP) is 2.72. The number of amides is 1. The van der Waals surface area contributed by atoms with Crippen molar-refractivity contribution < 1.29 is 18.0 Å². The Hall–Kier alpha value is -1.59. The lowest BCUT2D eigenvalue weighted by atomic mass is 9.98. The molecule has 106 valence electrons. The predicted molar refractivity (Wildman–Crippen MR) is 65.4 cm³/mol. The number of carbonyl (C=O) groups excluding carboxylic acids is 1. The number of hydrogen-bond donors (Lipinski definition) is 1. The summed E-state index contributed by atoms with van der Waals surface area (Å²) >= 11 is 0. The number of alkyl halides is 3. The molecule has 0 aliphatic carbocycles. The quantitative estimate of drug-likeness (QED) is 0.897. The van der Waals surface area contributed by atoms with Crippen molar-refractivity contribution in [3.05, 3.63) is 30.1 Å². The fourth-order valence-corrected chi connectivity index (χ4v) is 1.69. The van der Waals surface area contributed by atoms with Crippen molar-refractivity contribution in [2.75, 3.05) is 0 Å². The van der Waals surface area contributed by atoms with Gasteiger partial charge < -0.3 is 5.32 Å². The van der Waals surface area contributed by atoms with E-state index >= 15 is 0 Å². The van der Waals surface area contributed by atoms with Crippen molar-refractivity contribution >= 4 is 5.91 Å². The molecule has 0 fully saturated rings. The van der Waals surface area contributed by atoms with Gasteiger partial charge in [-0.3, -0.25) is 9.78 Å². The van der Waals surface area contributed by atoms with E-state index in [4.69, 9.17) is 0 Å². The van der Waals surface area contributed by atoms with E-state index in [2.05, 4.69) is 10.3 Å². The van der Waals surface area contributed by atoms with Crippen LogP contribution in [0.25, 0.3) is 0 Å². The molecule has 19 heavy (non-hydrogen) atoms. The van der Waals surface area contributed by atoms with Crippen molar-refractivity contribution in [1.82, 2.24) is 10.3 Å². The van der Waals surface area contributed by atoms with Gasteiger partial charge in [0.25, 0.3) is 0 Å². The molecule has 0 radical (unpaired) electrons. The van der Waals surface area contributed by atoms with Gasteiger partial charge in [0, 0.05) is 12.4 Å². The molecular formula is C13H17F3N2O. The van der Waals surface area contributed by atoms with Crippen LogP contribution in [0.4, 0.5) is 13.2 Å². The molecule has 0 spiro atoms. The van der Waals surface area contributed by atoms with Crippen LogP contribution in [0.2, 0.25) is 0 Å². The molecule has 1 amide bonds. The maximum Gasteiger partial charge on any atom is 0.408 e. The van der Waals surface area contributed by atoms with Crippen molar-refractivity contribution in [1.29, 1.82) is 0 Å². The summed E-state index contributed by atoms with van der Waals surface area (Å²) in [6, 6.07) is 1.48. The Balaban J connectivity index is 2.67. The third-order valence-corrected chi connectivity index (χ3v) is 2.97. The summed E-state index contributed by atoms with van der Waals surface area (Å²) in [5.41, 5.74) is 0.588. The Bertz CT molecular complexity index is 406. The highest BCUT2D eigenvalue weighted by Gasteiger charge is 2.43. The van der Waals surface area contributed by atoms with E-state index in [0.29, 0.717) is 12.0 Å². The first-order chi connectivity index (χ1) is 8.84. The Morgan fingerprint density at radius 1 is 1.47 bits per heavy atom. The van der Waals surface area contributed by atoms with Crippen LogP contribution < -0.4 is 5.32 Å². The lowest BCUT2D eigenvalue weighted by Gasteiger charge is -2.26. The Morgan fingerprint density at radius 2 is 2.16 bits per heavy atom. The van der Waals surface area contributed by atoms with Gasteiger partial charge in [0.15, 0.2) is 0 Å². The standard InChI is InChI=1S/C13H17F3N2O/c1-3-9(2)12(13(14,15)16)18-11(19)7-10-5-4-6-17-8-10/h4-6,8-9,12H,3,7H2,1-2H3,(H,18,19)/t9-,12-/m0/s1. The van der Waals surface area contributed by atoms with Gasteiger partial charge >= 0.3 is 6.18 Å². The van der Waals surface area contributed by atoms with E-state index in [9.17, 15) is 18.0 Å². The zero-order valence-corrected chi connectivity index (χ0v) is 10.9. The highest BCUT2D eigenvalue weighted by molar-refractivity contribution is 5.78. The third kappa shape index (κ3) is 4.89. The molecule has 1 rings (SSSR count). The molecule has 0 saturated heterocycles. The SMILES string of the molecule is CC[C@H](C)[C@H](NC(=O)Cc1cccnc1)C(F)(F)F. The van der Waals surface area contributed by atoms with E-state index in [0.717, 1.165) is 0 Å². The van der Waals surface area contributed by atoms with E-state index in [-0.39, 0.29) is 6.42 Å². The second-order valence-corrected chi connectivity index (χ2v) is 4.51. The number of aromatic nitrogens is 1. The Morgan fingerprint density at radius 3 is 2.63 bits per heavy atom. The van der Waals surface area contributed by atoms with Crippen LogP contribution in [0, 0.1) is 5.92 Å². The lowest BCUT2D eigenvalue weighted by Crippen LogP contribution is -2.49. The monoisotopic (exact) mass is 274 g/mol. The van der Waals surface area contributed by atoms with E-state index in [1.165, 1.54) is 13.1 Å². The van der Waals surface area contributed by atoms with Gasteiger partial charge in [0.05, 0.1) is 6.42 Å². The summed E-state index contributed by atoms with van der Waals surface area (Å²) < 4.78 is 38.5. The minimum Gasteiger partial charge on any atom is -0.344 e. The summed E-state index contributed by atoms with van der Waals surface area (Å²) in [4.78, 5) is 15.5. The fourth-order valence-electron chi connectivity index (χ4n) is 1.69. The van der Waals surface area contributed by atoms with Gasteiger partial charge in [-0.15, -0.1) is 0 Å². The van der Waals surface area contributed by atoms with Crippen LogP contribution in [0.3, 0.4) is 0 Å². The van der Waals surface area contributed by atoms with Gasteiger partial charge in [0.1, 0.15) is 6.04 Å². The molecule has 1 aromatic rings. The first-order valence-corrected chi connectivity index (χ1v) is 6.09. The maximum atomic E-state index is 12.8. The van der Waals surface area contributed by atoms with Crippen LogP contribution in [-0.4, -0.2) is 23.1 Å². The number of halogens is 3. The maximum absolute atomic E-state index is 12.8. The molecule has 1 heterocycles. The van der Waals surface area contributed by atoms with Crippen LogP contribution in [0.15, 0.2) is 24.5 Å². The van der Waals surface area contributed by atoms with Crippen molar-refractivity contribution in [2.45, 2.75) is 38.9 Å². The zero-order chi connectivity index (χ0) is 14.5. The lowest BCUT2D eigenvalue weighted by molar-refractivity contribution is -0.171. The number of pyridine rings is 1. The average Bonchev–Trinajstić information content (AvgIpc) is 2.35. The number of hydrogen-bond acceptors (Lipinski definition) is 2. The molecule has 0 saturated carbocycles. The summed E-state index contributed by atoms with van der Waals surface area (Å²) in [6.45, 7) is 3.14. The first-order valence-electron chi connectivity index (χ1n) is 6.09. The number of rotatable bonds is 5. The molecule has 0 unspecified atom stereocenters. The van der Waals surface area contributed by atoms with Gasteiger partial charge in [-0.2, -0.15) is 13.2 Å². The van der Waals surface area contributed by atoms with Crippen molar-refractivity contribution in [2.24, 2.45) is 5.92 Å². The van der Waals surface area contributed by atoms with Gasteiger partial charge in [-0.25, -0.2) is 0 Å². The molecule has 1 N–H and O–H groups in total. The fraction of sp³-hybridized carbons (Fsp3) is 0.538. The van der Waals surface area contributed by atoms with E-state index in [1.807, 2.05) is 0 Å². The summed E-state index contributed by atoms with van der Waals surface area (Å²) in [5, 5.41) is 2.06. The number of nitrogens with zero attached hydrogens (tertiary/aromatic N) is 1. The molecule has 6 heteroatoms. The summed E-state index contributed by atoms with van der Waals surface area (Å²) in [6.07, 6.45) is -1.18. The smallest absolute Gasteiger partial charge is 0.344 e.